The SMILES string of the molecule is CN(Cc1ccn(-c2ccccc2)n1)C(=O)C1COc2ccccc21. The second-order valence-electron chi connectivity index (χ2n) is 6.18. The van der Waals surface area contributed by atoms with Crippen LogP contribution in [0, 0.1) is 0 Å². The first-order chi connectivity index (χ1) is 12.2. The van der Waals surface area contributed by atoms with E-state index in [0.717, 1.165) is 22.7 Å². The summed E-state index contributed by atoms with van der Waals surface area (Å²) >= 11 is 0. The zero-order valence-corrected chi connectivity index (χ0v) is 14.0. The molecule has 1 aliphatic heterocycles. The van der Waals surface area contributed by atoms with Gasteiger partial charge in [-0.25, -0.2) is 4.68 Å². The van der Waals surface area contributed by atoms with Crippen LogP contribution in [0.4, 0.5) is 0 Å². The molecule has 1 unspecified atom stereocenters. The Bertz CT molecular complexity index is 889. The van der Waals surface area contributed by atoms with Crippen LogP contribution in [0.3, 0.4) is 0 Å². The van der Waals surface area contributed by atoms with Crippen LogP contribution in [0.25, 0.3) is 5.69 Å². The van der Waals surface area contributed by atoms with Crippen LogP contribution in [0.5, 0.6) is 5.75 Å². The van der Waals surface area contributed by atoms with Crippen molar-refractivity contribution in [1.82, 2.24) is 14.7 Å². The Morgan fingerprint density at radius 3 is 2.76 bits per heavy atom. The fourth-order valence-electron chi connectivity index (χ4n) is 3.12. The van der Waals surface area contributed by atoms with Crippen molar-refractivity contribution in [2.45, 2.75) is 12.5 Å². The van der Waals surface area contributed by atoms with Gasteiger partial charge in [0, 0.05) is 18.8 Å². The Kier molecular flexibility index (Phi) is 3.98. The lowest BCUT2D eigenvalue weighted by atomic mass is 10.00. The number of para-hydroxylation sites is 2. The first kappa shape index (κ1) is 15.4. The zero-order valence-electron chi connectivity index (χ0n) is 14.0. The summed E-state index contributed by atoms with van der Waals surface area (Å²) in [4.78, 5) is 14.5. The summed E-state index contributed by atoms with van der Waals surface area (Å²) in [5.41, 5.74) is 2.82. The number of benzene rings is 2. The number of carbonyl (C=O) groups excluding carboxylic acids is 1. The molecule has 0 saturated heterocycles. The standard InChI is InChI=1S/C20H19N3O2/c1-22(20(24)18-14-25-19-10-6-5-9-17(18)19)13-15-11-12-23(21-15)16-7-3-2-4-8-16/h2-12,18H,13-14H2,1H3. The van der Waals surface area contributed by atoms with Crippen molar-refractivity contribution in [2.24, 2.45) is 0 Å². The zero-order chi connectivity index (χ0) is 17.2. The molecule has 0 radical (unpaired) electrons. The van der Waals surface area contributed by atoms with E-state index in [0.29, 0.717) is 13.2 Å². The Morgan fingerprint density at radius 1 is 1.16 bits per heavy atom. The molecule has 0 aliphatic carbocycles. The summed E-state index contributed by atoms with van der Waals surface area (Å²) in [5.74, 6) is 0.624. The van der Waals surface area contributed by atoms with Crippen LogP contribution in [-0.2, 0) is 11.3 Å². The summed E-state index contributed by atoms with van der Waals surface area (Å²) in [7, 11) is 1.81. The van der Waals surface area contributed by atoms with E-state index >= 15 is 0 Å². The van der Waals surface area contributed by atoms with E-state index in [4.69, 9.17) is 4.74 Å². The smallest absolute Gasteiger partial charge is 0.233 e. The van der Waals surface area contributed by atoms with Crippen LogP contribution >= 0.6 is 0 Å². The molecule has 1 amide bonds. The average Bonchev–Trinajstić information content (AvgIpc) is 3.29. The highest BCUT2D eigenvalue weighted by Gasteiger charge is 2.32. The van der Waals surface area contributed by atoms with E-state index in [-0.39, 0.29) is 11.8 Å². The molecular weight excluding hydrogens is 314 g/mol. The minimum absolute atomic E-state index is 0.0548. The molecule has 0 fully saturated rings. The fraction of sp³-hybridized carbons (Fsp3) is 0.200. The average molecular weight is 333 g/mol. The maximum atomic E-state index is 12.8. The molecule has 1 aliphatic rings. The highest BCUT2D eigenvalue weighted by Crippen LogP contribution is 2.34. The van der Waals surface area contributed by atoms with Crippen LogP contribution in [0.2, 0.25) is 0 Å². The number of fused-ring (bicyclic) bond motifs is 1. The van der Waals surface area contributed by atoms with Gasteiger partial charge in [-0.15, -0.1) is 0 Å². The Balaban J connectivity index is 1.47. The molecule has 126 valence electrons. The van der Waals surface area contributed by atoms with Crippen molar-refractivity contribution in [1.29, 1.82) is 0 Å². The van der Waals surface area contributed by atoms with Gasteiger partial charge in [0.2, 0.25) is 5.91 Å². The Hall–Kier alpha value is -3.08. The Morgan fingerprint density at radius 2 is 1.92 bits per heavy atom. The van der Waals surface area contributed by atoms with E-state index in [1.807, 2.05) is 78.6 Å². The summed E-state index contributed by atoms with van der Waals surface area (Å²) in [6.07, 6.45) is 1.91. The van der Waals surface area contributed by atoms with Crippen LogP contribution in [0.15, 0.2) is 66.9 Å². The van der Waals surface area contributed by atoms with Gasteiger partial charge in [0.25, 0.3) is 0 Å². The molecule has 0 saturated carbocycles. The first-order valence-corrected chi connectivity index (χ1v) is 8.29. The molecule has 3 aromatic rings. The third-order valence-corrected chi connectivity index (χ3v) is 4.44. The monoisotopic (exact) mass is 333 g/mol. The van der Waals surface area contributed by atoms with Crippen molar-refractivity contribution in [3.8, 4) is 11.4 Å². The maximum absolute atomic E-state index is 12.8. The van der Waals surface area contributed by atoms with Crippen LogP contribution in [-0.4, -0.2) is 34.2 Å². The molecule has 0 N–H and O–H groups in total. The van der Waals surface area contributed by atoms with Gasteiger partial charge in [-0.3, -0.25) is 4.79 Å². The van der Waals surface area contributed by atoms with Crippen molar-refractivity contribution in [3.63, 3.8) is 0 Å². The van der Waals surface area contributed by atoms with Crippen LogP contribution in [0.1, 0.15) is 17.2 Å². The minimum atomic E-state index is -0.239. The predicted molar refractivity (Wildman–Crippen MR) is 94.7 cm³/mol. The molecule has 4 rings (SSSR count). The number of likely N-dealkylation sites (N-methyl/N-ethyl adjacent to an activating group) is 1. The number of nitrogens with zero attached hydrogens (tertiary/aromatic N) is 3. The normalized spacial score (nSPS) is 15.5. The van der Waals surface area contributed by atoms with E-state index in [1.54, 1.807) is 4.90 Å². The van der Waals surface area contributed by atoms with Crippen molar-refractivity contribution >= 4 is 5.91 Å². The molecule has 5 heteroatoms. The quantitative estimate of drug-likeness (QED) is 0.737. The molecule has 0 bridgehead atoms. The van der Waals surface area contributed by atoms with Gasteiger partial charge in [-0.2, -0.15) is 5.10 Å². The highest BCUT2D eigenvalue weighted by atomic mass is 16.5. The van der Waals surface area contributed by atoms with Gasteiger partial charge in [-0.05, 0) is 24.3 Å². The second-order valence-corrected chi connectivity index (χ2v) is 6.18. The molecule has 1 atom stereocenters. The number of aromatic nitrogens is 2. The molecule has 5 nitrogen and oxygen atoms in total. The van der Waals surface area contributed by atoms with Crippen molar-refractivity contribution < 1.29 is 9.53 Å². The first-order valence-electron chi connectivity index (χ1n) is 8.29. The number of rotatable bonds is 4. The van der Waals surface area contributed by atoms with Crippen molar-refractivity contribution in [2.75, 3.05) is 13.7 Å². The number of ether oxygens (including phenoxy) is 1. The lowest BCUT2D eigenvalue weighted by Gasteiger charge is -2.19. The lowest BCUT2D eigenvalue weighted by molar-refractivity contribution is -0.132. The molecule has 0 spiro atoms. The molecular formula is C20H19N3O2. The largest absolute Gasteiger partial charge is 0.492 e. The maximum Gasteiger partial charge on any atom is 0.233 e. The summed E-state index contributed by atoms with van der Waals surface area (Å²) in [6, 6.07) is 19.6. The topological polar surface area (TPSA) is 47.4 Å². The third kappa shape index (κ3) is 3.01. The van der Waals surface area contributed by atoms with Gasteiger partial charge < -0.3 is 9.64 Å². The number of carbonyl (C=O) groups is 1. The molecule has 2 heterocycles. The van der Waals surface area contributed by atoms with Crippen molar-refractivity contribution in [3.05, 3.63) is 78.1 Å². The number of hydrogen-bond donors (Lipinski definition) is 0. The van der Waals surface area contributed by atoms with Gasteiger partial charge in [-0.1, -0.05) is 36.4 Å². The third-order valence-electron chi connectivity index (χ3n) is 4.44. The summed E-state index contributed by atoms with van der Waals surface area (Å²) < 4.78 is 7.45. The Labute approximate surface area is 146 Å². The van der Waals surface area contributed by atoms with E-state index in [2.05, 4.69) is 5.10 Å². The molecule has 2 aromatic carbocycles. The van der Waals surface area contributed by atoms with E-state index in [1.165, 1.54) is 0 Å². The van der Waals surface area contributed by atoms with Gasteiger partial charge in [0.1, 0.15) is 18.3 Å². The van der Waals surface area contributed by atoms with Gasteiger partial charge in [0.05, 0.1) is 17.9 Å². The fourth-order valence-corrected chi connectivity index (χ4v) is 3.12. The van der Waals surface area contributed by atoms with E-state index in [9.17, 15) is 4.79 Å². The summed E-state index contributed by atoms with van der Waals surface area (Å²) in [6.45, 7) is 0.873. The molecule has 25 heavy (non-hydrogen) atoms. The minimum Gasteiger partial charge on any atom is -0.492 e. The molecule has 1 aromatic heterocycles. The lowest BCUT2D eigenvalue weighted by Crippen LogP contribution is -2.32. The van der Waals surface area contributed by atoms with E-state index < -0.39 is 0 Å². The van der Waals surface area contributed by atoms with Gasteiger partial charge >= 0.3 is 0 Å². The number of hydrogen-bond acceptors (Lipinski definition) is 3. The highest BCUT2D eigenvalue weighted by molar-refractivity contribution is 5.85. The number of amides is 1. The second kappa shape index (κ2) is 6.43. The summed E-state index contributed by atoms with van der Waals surface area (Å²) in [5, 5.41) is 4.57. The van der Waals surface area contributed by atoms with Crippen LogP contribution < -0.4 is 4.74 Å². The predicted octanol–water partition coefficient (Wildman–Crippen LogP) is 3.01. The van der Waals surface area contributed by atoms with Gasteiger partial charge in [0.15, 0.2) is 0 Å².